The molecule has 1 aromatic carbocycles. The van der Waals surface area contributed by atoms with Crippen molar-refractivity contribution in [3.8, 4) is 0 Å². The molecule has 8 heteroatoms. The maximum absolute atomic E-state index is 10.8. The number of rotatable bonds is 2. The van der Waals surface area contributed by atoms with E-state index in [1.807, 2.05) is 0 Å². The van der Waals surface area contributed by atoms with Gasteiger partial charge in [0.2, 0.25) is 0 Å². The van der Waals surface area contributed by atoms with Crippen LogP contribution in [0.5, 0.6) is 0 Å². The summed E-state index contributed by atoms with van der Waals surface area (Å²) in [6, 6.07) is 4.24. The molecule has 1 aliphatic rings. The van der Waals surface area contributed by atoms with Crippen molar-refractivity contribution in [1.29, 1.82) is 0 Å². The van der Waals surface area contributed by atoms with Gasteiger partial charge in [-0.05, 0) is 18.2 Å². The monoisotopic (exact) mass is 293 g/mol. The fourth-order valence-electron chi connectivity index (χ4n) is 1.66. The predicted molar refractivity (Wildman–Crippen MR) is 69.4 cm³/mol. The highest BCUT2D eigenvalue weighted by Gasteiger charge is 2.28. The number of benzene rings is 1. The zero-order chi connectivity index (χ0) is 13.3. The molecule has 0 radical (unpaired) electrons. The molecule has 0 amide bonds. The normalized spacial score (nSPS) is 20.5. The summed E-state index contributed by atoms with van der Waals surface area (Å²) in [6.45, 7) is 0.680. The van der Waals surface area contributed by atoms with Gasteiger partial charge in [-0.2, -0.15) is 0 Å². The molecular formula is C10H12ClNO5S. The summed E-state index contributed by atoms with van der Waals surface area (Å²) < 4.78 is 26.1. The van der Waals surface area contributed by atoms with Crippen molar-refractivity contribution in [2.75, 3.05) is 23.4 Å². The van der Waals surface area contributed by atoms with Crippen LogP contribution in [0.1, 0.15) is 10.4 Å². The number of hydrogen-bond acceptors (Lipinski definition) is 5. The Kier molecular flexibility index (Phi) is 3.69. The molecule has 3 N–H and O–H groups in total. The summed E-state index contributed by atoms with van der Waals surface area (Å²) in [5.74, 6) is -1.29. The van der Waals surface area contributed by atoms with Crippen LogP contribution >= 0.6 is 22.4 Å². The SMILES string of the molecule is O=C(O)c1ccc(N2CCOCS2(O)O)cc1Cl. The second-order valence-electron chi connectivity index (χ2n) is 3.73. The van der Waals surface area contributed by atoms with Crippen LogP contribution in [0.4, 0.5) is 5.69 Å². The van der Waals surface area contributed by atoms with Gasteiger partial charge in [-0.3, -0.25) is 13.4 Å². The van der Waals surface area contributed by atoms with Gasteiger partial charge in [-0.25, -0.2) is 4.79 Å². The molecule has 1 aromatic rings. The maximum atomic E-state index is 10.8. The molecule has 6 nitrogen and oxygen atoms in total. The number of carboxylic acid groups (broad SMARTS) is 1. The van der Waals surface area contributed by atoms with Crippen LogP contribution in [0, 0.1) is 0 Å². The summed E-state index contributed by atoms with van der Waals surface area (Å²) in [6.07, 6.45) is 0. The van der Waals surface area contributed by atoms with Gasteiger partial charge in [0.05, 0.1) is 29.4 Å². The van der Waals surface area contributed by atoms with Crippen LogP contribution in [-0.4, -0.2) is 39.3 Å². The van der Waals surface area contributed by atoms with E-state index in [1.54, 1.807) is 0 Å². The highest BCUT2D eigenvalue weighted by Crippen LogP contribution is 2.48. The first kappa shape index (κ1) is 13.4. The third kappa shape index (κ3) is 2.55. The van der Waals surface area contributed by atoms with Crippen molar-refractivity contribution in [3.63, 3.8) is 0 Å². The van der Waals surface area contributed by atoms with Gasteiger partial charge < -0.3 is 9.84 Å². The Labute approximate surface area is 110 Å². The van der Waals surface area contributed by atoms with Crippen molar-refractivity contribution in [1.82, 2.24) is 0 Å². The first-order valence-corrected chi connectivity index (χ1v) is 7.11. The molecule has 0 aromatic heterocycles. The second-order valence-corrected chi connectivity index (χ2v) is 6.08. The zero-order valence-corrected chi connectivity index (χ0v) is 10.8. The van der Waals surface area contributed by atoms with E-state index < -0.39 is 16.7 Å². The first-order valence-electron chi connectivity index (χ1n) is 5.06. The van der Waals surface area contributed by atoms with Gasteiger partial charge in [0.15, 0.2) is 5.94 Å². The van der Waals surface area contributed by atoms with Crippen LogP contribution in [0.25, 0.3) is 0 Å². The molecule has 2 rings (SSSR count). The van der Waals surface area contributed by atoms with Crippen LogP contribution in [0.15, 0.2) is 18.2 Å². The standard InChI is InChI=1S/C10H12ClNO5S/c11-9-5-7(1-2-8(9)10(13)14)12-3-4-17-6-18(12,15)16/h1-2,5,15-16H,3-4,6H2,(H,13,14). The van der Waals surface area contributed by atoms with Crippen molar-refractivity contribution in [2.24, 2.45) is 0 Å². The van der Waals surface area contributed by atoms with Crippen LogP contribution in [0.3, 0.4) is 0 Å². The molecule has 0 unspecified atom stereocenters. The third-order valence-corrected chi connectivity index (χ3v) is 4.40. The Balaban J connectivity index is 2.34. The summed E-state index contributed by atoms with van der Waals surface area (Å²) in [5, 5.41) is 8.92. The number of carbonyl (C=O) groups is 1. The van der Waals surface area contributed by atoms with Crippen molar-refractivity contribution >= 4 is 34.0 Å². The molecule has 0 aliphatic carbocycles. The van der Waals surface area contributed by atoms with E-state index in [-0.39, 0.29) is 16.5 Å². The lowest BCUT2D eigenvalue weighted by Gasteiger charge is -2.46. The second kappa shape index (κ2) is 4.94. The van der Waals surface area contributed by atoms with E-state index >= 15 is 0 Å². The molecule has 0 spiro atoms. The van der Waals surface area contributed by atoms with Crippen molar-refractivity contribution in [3.05, 3.63) is 28.8 Å². The van der Waals surface area contributed by atoms with E-state index in [9.17, 15) is 13.9 Å². The van der Waals surface area contributed by atoms with Gasteiger partial charge in [0.1, 0.15) is 0 Å². The van der Waals surface area contributed by atoms with Gasteiger partial charge in [-0.15, -0.1) is 0 Å². The Morgan fingerprint density at radius 2 is 2.17 bits per heavy atom. The third-order valence-electron chi connectivity index (χ3n) is 2.50. The lowest BCUT2D eigenvalue weighted by atomic mass is 10.2. The number of nitrogens with zero attached hydrogens (tertiary/aromatic N) is 1. The fourth-order valence-corrected chi connectivity index (χ4v) is 3.20. The largest absolute Gasteiger partial charge is 0.478 e. The number of anilines is 1. The fraction of sp³-hybridized carbons (Fsp3) is 0.300. The Morgan fingerprint density at radius 1 is 1.44 bits per heavy atom. The molecule has 0 bridgehead atoms. The average Bonchev–Trinajstić information content (AvgIpc) is 2.27. The van der Waals surface area contributed by atoms with Gasteiger partial charge in [-0.1, -0.05) is 22.4 Å². The van der Waals surface area contributed by atoms with Gasteiger partial charge in [0.25, 0.3) is 0 Å². The Morgan fingerprint density at radius 3 is 2.72 bits per heavy atom. The quantitative estimate of drug-likeness (QED) is 0.776. The van der Waals surface area contributed by atoms with Crippen LogP contribution in [0.2, 0.25) is 5.02 Å². The number of carboxylic acids is 1. The minimum absolute atomic E-state index is 0.0230. The van der Waals surface area contributed by atoms with Crippen molar-refractivity contribution < 1.29 is 23.7 Å². The molecule has 18 heavy (non-hydrogen) atoms. The number of halogens is 1. The molecule has 1 saturated heterocycles. The molecule has 0 saturated carbocycles. The lowest BCUT2D eigenvalue weighted by Crippen LogP contribution is -2.37. The van der Waals surface area contributed by atoms with E-state index in [1.165, 1.54) is 22.5 Å². The number of aromatic carboxylic acids is 1. The van der Waals surface area contributed by atoms with Gasteiger partial charge >= 0.3 is 5.97 Å². The molecule has 1 fully saturated rings. The van der Waals surface area contributed by atoms with Crippen LogP contribution in [-0.2, 0) is 4.74 Å². The Hall–Kier alpha value is -0.990. The highest BCUT2D eigenvalue weighted by atomic mass is 35.5. The van der Waals surface area contributed by atoms with Gasteiger partial charge in [0, 0.05) is 0 Å². The summed E-state index contributed by atoms with van der Waals surface area (Å²) in [5.41, 5.74) is 0.443. The van der Waals surface area contributed by atoms with E-state index in [0.717, 1.165) is 0 Å². The van der Waals surface area contributed by atoms with E-state index in [4.69, 9.17) is 21.4 Å². The maximum Gasteiger partial charge on any atom is 0.337 e. The van der Waals surface area contributed by atoms with E-state index in [0.29, 0.717) is 18.8 Å². The number of ether oxygens (including phenoxy) is 1. The summed E-state index contributed by atoms with van der Waals surface area (Å²) in [4.78, 5) is 10.8. The molecule has 1 aliphatic heterocycles. The average molecular weight is 294 g/mol. The highest BCUT2D eigenvalue weighted by molar-refractivity contribution is 8.25. The zero-order valence-electron chi connectivity index (χ0n) is 9.24. The molecule has 0 atom stereocenters. The lowest BCUT2D eigenvalue weighted by molar-refractivity contribution is 0.0697. The summed E-state index contributed by atoms with van der Waals surface area (Å²) >= 11 is 5.84. The molecular weight excluding hydrogens is 282 g/mol. The topological polar surface area (TPSA) is 90.2 Å². The molecule has 1 heterocycles. The van der Waals surface area contributed by atoms with Crippen LogP contribution < -0.4 is 4.31 Å². The Bertz CT molecular complexity index is 481. The minimum Gasteiger partial charge on any atom is -0.478 e. The number of hydrogen-bond donors (Lipinski definition) is 3. The summed E-state index contributed by atoms with van der Waals surface area (Å²) in [7, 11) is -3.02. The smallest absolute Gasteiger partial charge is 0.337 e. The molecule has 100 valence electrons. The van der Waals surface area contributed by atoms with E-state index in [2.05, 4.69) is 0 Å². The first-order chi connectivity index (χ1) is 8.42. The van der Waals surface area contributed by atoms with Crippen molar-refractivity contribution in [2.45, 2.75) is 0 Å². The minimum atomic E-state index is -3.02. The predicted octanol–water partition coefficient (Wildman–Crippen LogP) is 2.50.